The van der Waals surface area contributed by atoms with Crippen molar-refractivity contribution in [1.29, 1.82) is 0 Å². The Hall–Kier alpha value is -0.740. The van der Waals surface area contributed by atoms with Gasteiger partial charge in [-0.05, 0) is 55.7 Å². The zero-order valence-electron chi connectivity index (χ0n) is 12.2. The minimum Gasteiger partial charge on any atom is -0.349 e. The van der Waals surface area contributed by atoms with E-state index < -0.39 is 0 Å². The Labute approximate surface area is 134 Å². The number of nitrogens with one attached hydrogen (secondary N) is 1. The van der Waals surface area contributed by atoms with Crippen LogP contribution in [0.1, 0.15) is 59.4 Å². The summed E-state index contributed by atoms with van der Waals surface area (Å²) in [7, 11) is 0. The van der Waals surface area contributed by atoms with Gasteiger partial charge in [0.25, 0.3) is 5.91 Å². The van der Waals surface area contributed by atoms with Gasteiger partial charge in [0.15, 0.2) is 0 Å². The third-order valence-corrected chi connectivity index (χ3v) is 7.19. The lowest BCUT2D eigenvalue weighted by molar-refractivity contribution is -0.117. The van der Waals surface area contributed by atoms with Crippen molar-refractivity contribution in [2.45, 2.75) is 63.2 Å². The van der Waals surface area contributed by atoms with Crippen molar-refractivity contribution in [2.75, 3.05) is 0 Å². The largest absolute Gasteiger partial charge is 0.349 e. The molecule has 21 heavy (non-hydrogen) atoms. The highest BCUT2D eigenvalue weighted by Crippen LogP contribution is 2.42. The molecule has 0 unspecified atom stereocenters. The van der Waals surface area contributed by atoms with Gasteiger partial charge in [0.05, 0.1) is 4.91 Å². The third-order valence-electron chi connectivity index (χ3n) is 4.86. The van der Waals surface area contributed by atoms with Gasteiger partial charge >= 0.3 is 0 Å². The number of carbonyl (C=O) groups is 1. The molecule has 1 amide bonds. The normalized spacial score (nSPS) is 21.6. The molecular formula is C17H21NOS2. The van der Waals surface area contributed by atoms with E-state index in [1.54, 1.807) is 22.2 Å². The number of thiophene rings is 1. The second-order valence-electron chi connectivity index (χ2n) is 6.31. The monoisotopic (exact) mass is 319 g/mol. The van der Waals surface area contributed by atoms with Crippen LogP contribution in [0, 0.1) is 0 Å². The molecule has 2 nitrogen and oxygen atoms in total. The van der Waals surface area contributed by atoms with Gasteiger partial charge in [0, 0.05) is 21.5 Å². The van der Waals surface area contributed by atoms with Gasteiger partial charge < -0.3 is 5.32 Å². The smallest absolute Gasteiger partial charge is 0.257 e. The Balaban J connectivity index is 1.55. The molecule has 1 aromatic rings. The minimum atomic E-state index is 0.156. The fourth-order valence-corrected chi connectivity index (χ4v) is 6.24. The van der Waals surface area contributed by atoms with E-state index in [-0.39, 0.29) is 5.91 Å². The minimum absolute atomic E-state index is 0.156. The first-order valence-electron chi connectivity index (χ1n) is 8.10. The number of rotatable bonds is 2. The molecule has 3 aliphatic rings. The Bertz CT molecular complexity index is 596. The summed E-state index contributed by atoms with van der Waals surface area (Å²) >= 11 is 3.66. The summed E-state index contributed by atoms with van der Waals surface area (Å²) in [5.41, 5.74) is 3.14. The molecule has 0 bridgehead atoms. The maximum Gasteiger partial charge on any atom is 0.257 e. The van der Waals surface area contributed by atoms with Crippen LogP contribution in [0.25, 0.3) is 6.08 Å². The molecule has 1 saturated carbocycles. The lowest BCUT2D eigenvalue weighted by Crippen LogP contribution is -2.33. The molecule has 0 saturated heterocycles. The lowest BCUT2D eigenvalue weighted by atomic mass is 9.95. The zero-order chi connectivity index (χ0) is 14.2. The van der Waals surface area contributed by atoms with Crippen LogP contribution in [0.3, 0.4) is 0 Å². The van der Waals surface area contributed by atoms with Crippen molar-refractivity contribution in [3.05, 3.63) is 25.8 Å². The van der Waals surface area contributed by atoms with E-state index in [1.807, 2.05) is 11.3 Å². The van der Waals surface area contributed by atoms with Gasteiger partial charge in [0.2, 0.25) is 0 Å². The maximum absolute atomic E-state index is 12.4. The third kappa shape index (κ3) is 2.68. The molecule has 0 aromatic carbocycles. The first kappa shape index (κ1) is 13.9. The van der Waals surface area contributed by atoms with E-state index in [1.165, 1.54) is 49.0 Å². The number of hydrogen-bond acceptors (Lipinski definition) is 3. The number of aryl methyl sites for hydroxylation is 1. The van der Waals surface area contributed by atoms with Crippen LogP contribution in [0.4, 0.5) is 0 Å². The fourth-order valence-electron chi connectivity index (χ4n) is 3.70. The van der Waals surface area contributed by atoms with E-state index in [4.69, 9.17) is 0 Å². The van der Waals surface area contributed by atoms with Crippen LogP contribution in [-0.4, -0.2) is 11.9 Å². The summed E-state index contributed by atoms with van der Waals surface area (Å²) in [6.45, 7) is 0. The van der Waals surface area contributed by atoms with Crippen molar-refractivity contribution in [3.63, 3.8) is 0 Å². The fraction of sp³-hybridized carbons (Fsp3) is 0.588. The summed E-state index contributed by atoms with van der Waals surface area (Å²) in [5, 5.41) is 3.22. The van der Waals surface area contributed by atoms with Gasteiger partial charge in [0.1, 0.15) is 0 Å². The molecular weight excluding hydrogens is 298 g/mol. The standard InChI is InChI=1S/C17H21NOS2/c19-17(18-11-5-1-2-6-11)16-9-15-13(10-20-16)12-7-3-4-8-14(12)21-15/h9,11H,1-8,10H2,(H,18,19). The molecule has 4 rings (SSSR count). The van der Waals surface area contributed by atoms with E-state index in [9.17, 15) is 4.79 Å². The molecule has 0 spiro atoms. The summed E-state index contributed by atoms with van der Waals surface area (Å²) in [5.74, 6) is 1.15. The quantitative estimate of drug-likeness (QED) is 0.882. The highest BCUT2D eigenvalue weighted by atomic mass is 32.2. The van der Waals surface area contributed by atoms with Crippen molar-refractivity contribution in [2.24, 2.45) is 0 Å². The lowest BCUT2D eigenvalue weighted by Gasteiger charge is -2.18. The number of fused-ring (bicyclic) bond motifs is 3. The number of amides is 1. The van der Waals surface area contributed by atoms with Gasteiger partial charge in [-0.2, -0.15) is 0 Å². The first-order valence-corrected chi connectivity index (χ1v) is 9.90. The van der Waals surface area contributed by atoms with Crippen LogP contribution in [0.15, 0.2) is 4.91 Å². The number of thioether (sulfide) groups is 1. The van der Waals surface area contributed by atoms with Crippen LogP contribution >= 0.6 is 23.1 Å². The van der Waals surface area contributed by atoms with Gasteiger partial charge in [-0.3, -0.25) is 4.79 Å². The first-order chi connectivity index (χ1) is 10.3. The summed E-state index contributed by atoms with van der Waals surface area (Å²) in [4.78, 5) is 16.3. The molecule has 1 N–H and O–H groups in total. The second-order valence-corrected chi connectivity index (χ2v) is 8.46. The molecule has 2 heterocycles. The average molecular weight is 319 g/mol. The van der Waals surface area contributed by atoms with E-state index in [0.29, 0.717) is 6.04 Å². The van der Waals surface area contributed by atoms with Crippen LogP contribution in [0.2, 0.25) is 0 Å². The SMILES string of the molecule is O=C(NC1CCCC1)C1=Cc2sc3c(c2CS1)CCCC3. The summed E-state index contributed by atoms with van der Waals surface area (Å²) in [6, 6.07) is 0.414. The molecule has 112 valence electrons. The van der Waals surface area contributed by atoms with Crippen molar-refractivity contribution in [3.8, 4) is 0 Å². The van der Waals surface area contributed by atoms with E-state index in [0.717, 1.165) is 23.5 Å². The van der Waals surface area contributed by atoms with Gasteiger partial charge in [-0.15, -0.1) is 23.1 Å². The number of carbonyl (C=O) groups excluding carboxylic acids is 1. The highest BCUT2D eigenvalue weighted by Gasteiger charge is 2.26. The molecule has 1 aliphatic heterocycles. The maximum atomic E-state index is 12.4. The summed E-state index contributed by atoms with van der Waals surface area (Å²) in [6.07, 6.45) is 12.1. The highest BCUT2D eigenvalue weighted by molar-refractivity contribution is 8.03. The van der Waals surface area contributed by atoms with E-state index in [2.05, 4.69) is 11.4 Å². The van der Waals surface area contributed by atoms with Crippen LogP contribution in [0.5, 0.6) is 0 Å². The van der Waals surface area contributed by atoms with Crippen LogP contribution in [-0.2, 0) is 23.4 Å². The zero-order valence-corrected chi connectivity index (χ0v) is 13.9. The Morgan fingerprint density at radius 3 is 2.76 bits per heavy atom. The average Bonchev–Trinajstić information content (AvgIpc) is 3.13. The predicted molar refractivity (Wildman–Crippen MR) is 90.6 cm³/mol. The predicted octanol–water partition coefficient (Wildman–Crippen LogP) is 4.27. The topological polar surface area (TPSA) is 29.1 Å². The second kappa shape index (κ2) is 5.81. The molecule has 2 aliphatic carbocycles. The van der Waals surface area contributed by atoms with Crippen molar-refractivity contribution >= 4 is 35.1 Å². The van der Waals surface area contributed by atoms with Gasteiger partial charge in [-0.25, -0.2) is 0 Å². The molecule has 4 heteroatoms. The number of hydrogen-bond donors (Lipinski definition) is 1. The Morgan fingerprint density at radius 1 is 1.10 bits per heavy atom. The van der Waals surface area contributed by atoms with Crippen molar-refractivity contribution in [1.82, 2.24) is 5.32 Å². The Morgan fingerprint density at radius 2 is 1.90 bits per heavy atom. The Kier molecular flexibility index (Phi) is 3.84. The molecule has 0 atom stereocenters. The van der Waals surface area contributed by atoms with E-state index >= 15 is 0 Å². The van der Waals surface area contributed by atoms with Crippen LogP contribution < -0.4 is 5.32 Å². The molecule has 0 radical (unpaired) electrons. The molecule has 1 fully saturated rings. The molecule has 1 aromatic heterocycles. The van der Waals surface area contributed by atoms with Gasteiger partial charge in [-0.1, -0.05) is 12.8 Å². The summed E-state index contributed by atoms with van der Waals surface area (Å²) < 4.78 is 0. The van der Waals surface area contributed by atoms with Crippen molar-refractivity contribution < 1.29 is 4.79 Å².